The number of carbonyl (C=O) groups excluding carboxylic acids is 1. The van der Waals surface area contributed by atoms with Crippen LogP contribution in [0.3, 0.4) is 0 Å². The maximum absolute atomic E-state index is 12.6. The maximum Gasteiger partial charge on any atom is 0.455 e. The number of esters is 1. The predicted molar refractivity (Wildman–Crippen MR) is 95.9 cm³/mol. The van der Waals surface area contributed by atoms with Crippen molar-refractivity contribution in [1.82, 2.24) is 4.47 Å². The molecule has 26 heavy (non-hydrogen) atoms. The van der Waals surface area contributed by atoms with Gasteiger partial charge in [0.25, 0.3) is 0 Å². The Morgan fingerprint density at radius 3 is 2.73 bits per heavy atom. The highest BCUT2D eigenvalue weighted by molar-refractivity contribution is 7.97. The topological polar surface area (TPSA) is 52.6 Å². The molecule has 0 saturated heterocycles. The summed E-state index contributed by atoms with van der Waals surface area (Å²) in [4.78, 5) is 12.6. The average Bonchev–Trinajstić information content (AvgIpc) is 2.51. The smallest absolute Gasteiger partial charge is 0.455 e. The molecule has 2 rings (SSSR count). The fraction of sp³-hybridized carbons (Fsp3) is 0.944. The van der Waals surface area contributed by atoms with Crippen molar-refractivity contribution in [1.29, 1.82) is 0 Å². The average molecular weight is 396 g/mol. The molecule has 0 aromatic carbocycles. The molecule has 0 N–H and O–H groups in total. The van der Waals surface area contributed by atoms with Gasteiger partial charge < -0.3 is 14.4 Å². The molecule has 2 aliphatic rings. The first-order valence-corrected chi connectivity index (χ1v) is 10.4. The van der Waals surface area contributed by atoms with Gasteiger partial charge in [0, 0.05) is 11.9 Å². The molecule has 8 heteroatoms. The van der Waals surface area contributed by atoms with Crippen molar-refractivity contribution in [2.24, 2.45) is 17.3 Å². The summed E-state index contributed by atoms with van der Waals surface area (Å²) < 4.78 is 41.5. The number of unbranched alkanes of at least 4 members (excludes halogenated alkanes) is 3. The van der Waals surface area contributed by atoms with Crippen LogP contribution in [-0.4, -0.2) is 29.1 Å². The number of hydrogen-bond donors (Lipinski definition) is 0. The molecule has 0 aliphatic heterocycles. The normalized spacial score (nSPS) is 29.0. The minimum Gasteiger partial charge on any atom is -0.775 e. The number of hydrogen-bond acceptors (Lipinski definition) is 5. The van der Waals surface area contributed by atoms with Gasteiger partial charge in [0.15, 0.2) is 0 Å². The summed E-state index contributed by atoms with van der Waals surface area (Å²) in [5, 5.41) is 11.0. The van der Waals surface area contributed by atoms with Crippen molar-refractivity contribution in [3.8, 4) is 0 Å². The third-order valence-electron chi connectivity index (χ3n) is 5.53. The molecule has 0 aromatic heterocycles. The first kappa shape index (κ1) is 21.8. The van der Waals surface area contributed by atoms with Crippen LogP contribution >= 0.6 is 11.9 Å². The van der Waals surface area contributed by atoms with E-state index in [1.54, 1.807) is 0 Å². The Balaban J connectivity index is 1.58. The Hall–Kier alpha value is -0.470. The van der Waals surface area contributed by atoms with Crippen LogP contribution in [0.1, 0.15) is 71.1 Å². The highest BCUT2D eigenvalue weighted by Crippen LogP contribution is 2.51. The summed E-state index contributed by atoms with van der Waals surface area (Å²) >= 11 is -0.639. The standard InChI is InChI=1S/C18H29F3NO3S/c1-14-11-15-7-6-8-17(12-14,13-15)16(23)25-10-5-3-2-4-9-22(24)26-18(19,20)21/h14-15H,2-13H2,1H3/q-1. The highest BCUT2D eigenvalue weighted by atomic mass is 32.2. The van der Waals surface area contributed by atoms with Crippen LogP contribution in [0.2, 0.25) is 0 Å². The molecule has 2 aliphatic carbocycles. The molecule has 2 fully saturated rings. The molecule has 0 spiro atoms. The lowest BCUT2D eigenvalue weighted by Gasteiger charge is -2.45. The molecule has 152 valence electrons. The Bertz CT molecular complexity index is 459. The molecule has 0 radical (unpaired) electrons. The van der Waals surface area contributed by atoms with Crippen LogP contribution in [0.4, 0.5) is 13.2 Å². The largest absolute Gasteiger partial charge is 0.775 e. The molecule has 3 atom stereocenters. The number of rotatable bonds is 9. The number of alkyl halides is 3. The van der Waals surface area contributed by atoms with E-state index in [1.165, 1.54) is 12.8 Å². The van der Waals surface area contributed by atoms with Gasteiger partial charge in [-0.2, -0.15) is 13.2 Å². The quantitative estimate of drug-likeness (QED) is 0.218. The lowest BCUT2D eigenvalue weighted by molar-refractivity contribution is -0.163. The van der Waals surface area contributed by atoms with E-state index in [-0.39, 0.29) is 22.4 Å². The monoisotopic (exact) mass is 396 g/mol. The van der Waals surface area contributed by atoms with Crippen molar-refractivity contribution in [2.75, 3.05) is 13.2 Å². The van der Waals surface area contributed by atoms with Gasteiger partial charge in [0.1, 0.15) is 0 Å². The fourth-order valence-corrected chi connectivity index (χ4v) is 5.09. The van der Waals surface area contributed by atoms with Crippen molar-refractivity contribution in [3.05, 3.63) is 5.21 Å². The number of carbonyl (C=O) groups is 1. The van der Waals surface area contributed by atoms with Gasteiger partial charge in [0.05, 0.1) is 12.0 Å². The Morgan fingerprint density at radius 2 is 2.00 bits per heavy atom. The summed E-state index contributed by atoms with van der Waals surface area (Å²) in [5.74, 6) is 1.18. The van der Waals surface area contributed by atoms with E-state index in [1.807, 2.05) is 0 Å². The van der Waals surface area contributed by atoms with Crippen LogP contribution in [-0.2, 0) is 9.53 Å². The van der Waals surface area contributed by atoms with Gasteiger partial charge in [-0.1, -0.05) is 32.6 Å². The lowest BCUT2D eigenvalue weighted by atomic mass is 9.59. The SMILES string of the molecule is CC1CC2CCCC(C(=O)OCCCCCCN([O-])SC(F)(F)F)(C1)C2. The van der Waals surface area contributed by atoms with E-state index in [0.29, 0.717) is 37.7 Å². The van der Waals surface area contributed by atoms with Crippen molar-refractivity contribution in [2.45, 2.75) is 76.6 Å². The van der Waals surface area contributed by atoms with Crippen molar-refractivity contribution >= 4 is 17.9 Å². The van der Waals surface area contributed by atoms with E-state index >= 15 is 0 Å². The third-order valence-corrected chi connectivity index (χ3v) is 6.12. The Morgan fingerprint density at radius 1 is 1.27 bits per heavy atom. The van der Waals surface area contributed by atoms with E-state index < -0.39 is 17.5 Å². The van der Waals surface area contributed by atoms with E-state index in [2.05, 4.69) is 6.92 Å². The summed E-state index contributed by atoms with van der Waals surface area (Å²) in [6, 6.07) is 0. The zero-order chi connectivity index (χ0) is 19.2. The number of fused-ring (bicyclic) bond motifs is 2. The molecule has 2 saturated carbocycles. The molecule has 3 unspecified atom stereocenters. The van der Waals surface area contributed by atoms with E-state index in [4.69, 9.17) is 4.74 Å². The van der Waals surface area contributed by atoms with Gasteiger partial charge >= 0.3 is 11.5 Å². The summed E-state index contributed by atoms with van der Waals surface area (Å²) in [6.07, 6.45) is 8.86. The highest BCUT2D eigenvalue weighted by Gasteiger charge is 2.48. The van der Waals surface area contributed by atoms with Crippen molar-refractivity contribution in [3.63, 3.8) is 0 Å². The number of ether oxygens (including phenoxy) is 1. The van der Waals surface area contributed by atoms with Gasteiger partial charge in [0.2, 0.25) is 0 Å². The van der Waals surface area contributed by atoms with Gasteiger partial charge in [-0.3, -0.25) is 4.79 Å². The fourth-order valence-electron chi connectivity index (χ4n) is 4.64. The zero-order valence-corrected chi connectivity index (χ0v) is 16.2. The second kappa shape index (κ2) is 9.64. The van der Waals surface area contributed by atoms with Gasteiger partial charge in [-0.05, 0) is 56.9 Å². The maximum atomic E-state index is 12.6. The van der Waals surface area contributed by atoms with Crippen molar-refractivity contribution < 1.29 is 22.7 Å². The Kier molecular flexibility index (Phi) is 8.09. The number of halogens is 3. The summed E-state index contributed by atoms with van der Waals surface area (Å²) in [7, 11) is 0. The molecule has 2 bridgehead atoms. The van der Waals surface area contributed by atoms with Crippen LogP contribution in [0.15, 0.2) is 0 Å². The molecule has 0 amide bonds. The second-order valence-electron chi connectivity index (χ2n) is 7.93. The van der Waals surface area contributed by atoms with Crippen LogP contribution < -0.4 is 0 Å². The molecular formula is C18H29F3NO3S-. The van der Waals surface area contributed by atoms with Gasteiger partial charge in [-0.15, -0.1) is 0 Å². The first-order chi connectivity index (χ1) is 12.2. The minimum atomic E-state index is -4.52. The Labute approximate surface area is 157 Å². The second-order valence-corrected chi connectivity index (χ2v) is 8.98. The van der Waals surface area contributed by atoms with E-state index in [0.717, 1.165) is 32.1 Å². The lowest BCUT2D eigenvalue weighted by Crippen LogP contribution is -2.43. The van der Waals surface area contributed by atoms with Gasteiger partial charge in [-0.25, -0.2) is 0 Å². The minimum absolute atomic E-state index is 0.0249. The third kappa shape index (κ3) is 6.93. The molecule has 4 nitrogen and oxygen atoms in total. The predicted octanol–water partition coefficient (Wildman–Crippen LogP) is 5.66. The first-order valence-electron chi connectivity index (χ1n) is 9.58. The molecular weight excluding hydrogens is 367 g/mol. The summed E-state index contributed by atoms with van der Waals surface area (Å²) in [6.45, 7) is 2.43. The molecule has 0 heterocycles. The van der Waals surface area contributed by atoms with Crippen LogP contribution in [0.5, 0.6) is 0 Å². The number of nitrogens with zero attached hydrogens (tertiary/aromatic N) is 1. The number of hydroxylamine groups is 1. The zero-order valence-electron chi connectivity index (χ0n) is 15.4. The summed E-state index contributed by atoms with van der Waals surface area (Å²) in [5.41, 5.74) is -4.80. The van der Waals surface area contributed by atoms with Crippen LogP contribution in [0, 0.1) is 22.5 Å². The van der Waals surface area contributed by atoms with E-state index in [9.17, 15) is 23.2 Å². The van der Waals surface area contributed by atoms with Crippen LogP contribution in [0.25, 0.3) is 0 Å². The molecule has 0 aromatic rings.